The second-order valence-corrected chi connectivity index (χ2v) is 7.38. The first-order valence-corrected chi connectivity index (χ1v) is 8.88. The molecule has 0 amide bonds. The summed E-state index contributed by atoms with van der Waals surface area (Å²) < 4.78 is 27.7. The lowest BCUT2D eigenvalue weighted by atomic mass is 10.1. The smallest absolute Gasteiger partial charge is 0.240 e. The number of rotatable bonds is 7. The van der Waals surface area contributed by atoms with Gasteiger partial charge in [-0.15, -0.1) is 0 Å². The SMILES string of the molecule is Cc1ccc(S(=O)(=O)NC(Cc2ccccc2)CN(C)O)cc1. The molecule has 2 aromatic carbocycles. The summed E-state index contributed by atoms with van der Waals surface area (Å²) in [6.07, 6.45) is 0.497. The van der Waals surface area contributed by atoms with E-state index in [0.717, 1.165) is 16.2 Å². The van der Waals surface area contributed by atoms with Gasteiger partial charge in [-0.05, 0) is 31.0 Å². The molecule has 23 heavy (non-hydrogen) atoms. The Morgan fingerprint density at radius 2 is 1.70 bits per heavy atom. The Labute approximate surface area is 137 Å². The summed E-state index contributed by atoms with van der Waals surface area (Å²) in [6, 6.07) is 15.9. The van der Waals surface area contributed by atoms with Crippen LogP contribution in [0.3, 0.4) is 0 Å². The average molecular weight is 334 g/mol. The van der Waals surface area contributed by atoms with Gasteiger partial charge in [-0.2, -0.15) is 5.06 Å². The lowest BCUT2D eigenvalue weighted by Gasteiger charge is -2.21. The number of sulfonamides is 1. The van der Waals surface area contributed by atoms with Crippen LogP contribution in [0.4, 0.5) is 0 Å². The normalized spacial score (nSPS) is 13.2. The van der Waals surface area contributed by atoms with Crippen molar-refractivity contribution in [1.82, 2.24) is 9.79 Å². The van der Waals surface area contributed by atoms with Crippen molar-refractivity contribution in [1.29, 1.82) is 0 Å². The van der Waals surface area contributed by atoms with Crippen LogP contribution < -0.4 is 4.72 Å². The molecule has 0 bridgehead atoms. The van der Waals surface area contributed by atoms with Crippen molar-refractivity contribution in [2.24, 2.45) is 0 Å². The van der Waals surface area contributed by atoms with Crippen LogP contribution in [-0.4, -0.2) is 38.3 Å². The van der Waals surface area contributed by atoms with Gasteiger partial charge in [-0.3, -0.25) is 0 Å². The Morgan fingerprint density at radius 3 is 2.26 bits per heavy atom. The predicted molar refractivity (Wildman–Crippen MR) is 89.9 cm³/mol. The van der Waals surface area contributed by atoms with Gasteiger partial charge in [-0.25, -0.2) is 13.1 Å². The molecule has 0 radical (unpaired) electrons. The van der Waals surface area contributed by atoms with Gasteiger partial charge < -0.3 is 5.21 Å². The number of hydroxylamine groups is 2. The molecule has 2 aromatic rings. The molecule has 1 unspecified atom stereocenters. The van der Waals surface area contributed by atoms with Crippen LogP contribution in [0.15, 0.2) is 59.5 Å². The summed E-state index contributed by atoms with van der Waals surface area (Å²) in [5.74, 6) is 0. The van der Waals surface area contributed by atoms with Crippen LogP contribution in [0.5, 0.6) is 0 Å². The molecular formula is C17H22N2O3S. The molecular weight excluding hydrogens is 312 g/mol. The zero-order valence-electron chi connectivity index (χ0n) is 13.3. The molecule has 2 rings (SSSR count). The number of benzene rings is 2. The van der Waals surface area contributed by atoms with Crippen molar-refractivity contribution >= 4 is 10.0 Å². The Bertz CT molecular complexity index is 713. The fraction of sp³-hybridized carbons (Fsp3) is 0.294. The van der Waals surface area contributed by atoms with Crippen LogP contribution in [0, 0.1) is 6.92 Å². The first-order chi connectivity index (χ1) is 10.9. The van der Waals surface area contributed by atoms with Crippen molar-refractivity contribution < 1.29 is 13.6 Å². The van der Waals surface area contributed by atoms with Crippen molar-refractivity contribution in [3.63, 3.8) is 0 Å². The molecule has 0 fully saturated rings. The van der Waals surface area contributed by atoms with Crippen molar-refractivity contribution in [3.05, 3.63) is 65.7 Å². The van der Waals surface area contributed by atoms with Gasteiger partial charge >= 0.3 is 0 Å². The lowest BCUT2D eigenvalue weighted by molar-refractivity contribution is -0.0695. The van der Waals surface area contributed by atoms with Crippen LogP contribution in [-0.2, 0) is 16.4 Å². The molecule has 5 nitrogen and oxygen atoms in total. The minimum Gasteiger partial charge on any atom is -0.314 e. The molecule has 0 aromatic heterocycles. The largest absolute Gasteiger partial charge is 0.314 e. The second kappa shape index (κ2) is 7.70. The highest BCUT2D eigenvalue weighted by atomic mass is 32.2. The fourth-order valence-corrected chi connectivity index (χ4v) is 3.59. The maximum atomic E-state index is 12.5. The maximum Gasteiger partial charge on any atom is 0.240 e. The summed E-state index contributed by atoms with van der Waals surface area (Å²) in [5, 5.41) is 10.5. The molecule has 0 spiro atoms. The first-order valence-electron chi connectivity index (χ1n) is 7.40. The quantitative estimate of drug-likeness (QED) is 0.762. The predicted octanol–water partition coefficient (Wildman–Crippen LogP) is 2.21. The summed E-state index contributed by atoms with van der Waals surface area (Å²) in [4.78, 5) is 0.224. The summed E-state index contributed by atoms with van der Waals surface area (Å²) in [5.41, 5.74) is 2.01. The van der Waals surface area contributed by atoms with E-state index in [0.29, 0.717) is 6.42 Å². The number of hydrogen-bond donors (Lipinski definition) is 2. The van der Waals surface area contributed by atoms with E-state index in [-0.39, 0.29) is 11.4 Å². The number of nitrogens with one attached hydrogen (secondary N) is 1. The van der Waals surface area contributed by atoms with Gasteiger partial charge in [0.15, 0.2) is 0 Å². The minimum atomic E-state index is -3.63. The molecule has 0 aliphatic heterocycles. The molecule has 1 atom stereocenters. The van der Waals surface area contributed by atoms with Crippen LogP contribution in [0.25, 0.3) is 0 Å². The summed E-state index contributed by atoms with van der Waals surface area (Å²) in [7, 11) is -2.13. The standard InChI is InChI=1S/C17H22N2O3S/c1-14-8-10-17(11-9-14)23(21,22)18-16(13-19(2)20)12-15-6-4-3-5-7-15/h3-11,16,18,20H,12-13H2,1-2H3. The Balaban J connectivity index is 2.17. The molecule has 124 valence electrons. The molecule has 6 heteroatoms. The second-order valence-electron chi connectivity index (χ2n) is 5.66. The highest BCUT2D eigenvalue weighted by molar-refractivity contribution is 7.89. The van der Waals surface area contributed by atoms with E-state index >= 15 is 0 Å². The van der Waals surface area contributed by atoms with Crippen LogP contribution in [0.2, 0.25) is 0 Å². The third-order valence-electron chi connectivity index (χ3n) is 3.46. The van der Waals surface area contributed by atoms with Gasteiger partial charge in [0, 0.05) is 19.6 Å². The fourth-order valence-electron chi connectivity index (χ4n) is 2.37. The molecule has 0 aliphatic carbocycles. The van der Waals surface area contributed by atoms with E-state index < -0.39 is 16.1 Å². The van der Waals surface area contributed by atoms with Gasteiger partial charge in [-0.1, -0.05) is 48.0 Å². The first kappa shape index (κ1) is 17.6. The Hall–Kier alpha value is -1.73. The molecule has 0 saturated heterocycles. The van der Waals surface area contributed by atoms with E-state index in [4.69, 9.17) is 0 Å². The Morgan fingerprint density at radius 1 is 1.09 bits per heavy atom. The highest BCUT2D eigenvalue weighted by Crippen LogP contribution is 2.12. The minimum absolute atomic E-state index is 0.194. The van der Waals surface area contributed by atoms with E-state index in [1.165, 1.54) is 7.05 Å². The molecule has 2 N–H and O–H groups in total. The lowest BCUT2D eigenvalue weighted by Crippen LogP contribution is -2.43. The zero-order valence-corrected chi connectivity index (χ0v) is 14.1. The number of likely N-dealkylation sites (N-methyl/N-ethyl adjacent to an activating group) is 1. The summed E-state index contributed by atoms with van der Waals surface area (Å²) in [6.45, 7) is 2.10. The van der Waals surface area contributed by atoms with Crippen molar-refractivity contribution in [2.45, 2.75) is 24.3 Å². The van der Waals surface area contributed by atoms with Gasteiger partial charge in [0.1, 0.15) is 0 Å². The Kier molecular flexibility index (Phi) is 5.90. The van der Waals surface area contributed by atoms with Crippen LogP contribution >= 0.6 is 0 Å². The summed E-state index contributed by atoms with van der Waals surface area (Å²) >= 11 is 0. The average Bonchev–Trinajstić information content (AvgIpc) is 2.47. The van der Waals surface area contributed by atoms with Gasteiger partial charge in [0.25, 0.3) is 0 Å². The third-order valence-corrected chi connectivity index (χ3v) is 5.00. The number of hydrogen-bond acceptors (Lipinski definition) is 4. The number of nitrogens with zero attached hydrogens (tertiary/aromatic N) is 1. The topological polar surface area (TPSA) is 69.6 Å². The molecule has 0 saturated carbocycles. The van der Waals surface area contributed by atoms with Gasteiger partial charge in [0.2, 0.25) is 10.0 Å². The van der Waals surface area contributed by atoms with E-state index in [2.05, 4.69) is 4.72 Å². The molecule has 0 aliphatic rings. The van der Waals surface area contributed by atoms with Crippen LogP contribution in [0.1, 0.15) is 11.1 Å². The van der Waals surface area contributed by atoms with Gasteiger partial charge in [0.05, 0.1) is 4.90 Å². The maximum absolute atomic E-state index is 12.5. The van der Waals surface area contributed by atoms with E-state index in [9.17, 15) is 13.6 Å². The van der Waals surface area contributed by atoms with Crippen molar-refractivity contribution in [3.8, 4) is 0 Å². The third kappa shape index (κ3) is 5.44. The van der Waals surface area contributed by atoms with E-state index in [1.807, 2.05) is 37.3 Å². The zero-order chi connectivity index (χ0) is 16.9. The monoisotopic (exact) mass is 334 g/mol. The van der Waals surface area contributed by atoms with Crippen molar-refractivity contribution in [2.75, 3.05) is 13.6 Å². The molecule has 0 heterocycles. The highest BCUT2D eigenvalue weighted by Gasteiger charge is 2.21. The van der Waals surface area contributed by atoms with E-state index in [1.54, 1.807) is 24.3 Å². The number of aryl methyl sites for hydroxylation is 1.